The number of hydrogen-bond acceptors (Lipinski definition) is 5. The Kier molecular flexibility index (Phi) is 10.4. The molecule has 0 radical (unpaired) electrons. The molecule has 0 aromatic rings. The third-order valence-electron chi connectivity index (χ3n) is 1.93. The second-order valence-electron chi connectivity index (χ2n) is 3.70. The first kappa shape index (κ1) is 15.3. The highest BCUT2D eigenvalue weighted by Gasteiger charge is 2.04. The predicted molar refractivity (Wildman–Crippen MR) is 61.2 cm³/mol. The topological polar surface area (TPSA) is 70.8 Å². The largest absolute Gasteiger partial charge is 0.463 e. The van der Waals surface area contributed by atoms with Gasteiger partial charge in [-0.15, -0.1) is 0 Å². The lowest BCUT2D eigenvalue weighted by Gasteiger charge is -2.07. The molecule has 5 nitrogen and oxygen atoms in total. The van der Waals surface area contributed by atoms with Crippen LogP contribution in [0.4, 0.5) is 0 Å². The maximum absolute atomic E-state index is 11.1. The number of hydrogen-bond donors (Lipinski definition) is 1. The Morgan fingerprint density at radius 1 is 1.25 bits per heavy atom. The Hall–Kier alpha value is -0.650. The van der Waals surface area contributed by atoms with Crippen LogP contribution in [-0.4, -0.2) is 45.5 Å². The first-order valence-electron chi connectivity index (χ1n) is 5.64. The summed E-state index contributed by atoms with van der Waals surface area (Å²) >= 11 is 0. The SMILES string of the molecule is COCCCOCCOC(=O)CCC(C)N. The second-order valence-corrected chi connectivity index (χ2v) is 3.70. The lowest BCUT2D eigenvalue weighted by Crippen LogP contribution is -2.18. The van der Waals surface area contributed by atoms with E-state index in [0.717, 1.165) is 6.42 Å². The molecule has 0 aliphatic heterocycles. The smallest absolute Gasteiger partial charge is 0.305 e. The van der Waals surface area contributed by atoms with Gasteiger partial charge in [-0.25, -0.2) is 0 Å². The summed E-state index contributed by atoms with van der Waals surface area (Å²) in [6.07, 6.45) is 1.89. The van der Waals surface area contributed by atoms with Gasteiger partial charge in [-0.05, 0) is 19.8 Å². The highest BCUT2D eigenvalue weighted by molar-refractivity contribution is 5.69. The Morgan fingerprint density at radius 2 is 2.00 bits per heavy atom. The van der Waals surface area contributed by atoms with Crippen molar-refractivity contribution >= 4 is 5.97 Å². The van der Waals surface area contributed by atoms with Crippen molar-refractivity contribution in [3.8, 4) is 0 Å². The van der Waals surface area contributed by atoms with Gasteiger partial charge in [-0.3, -0.25) is 4.79 Å². The molecule has 0 heterocycles. The average molecular weight is 233 g/mol. The van der Waals surface area contributed by atoms with Crippen molar-refractivity contribution in [1.29, 1.82) is 0 Å². The van der Waals surface area contributed by atoms with Crippen LogP contribution < -0.4 is 5.73 Å². The molecule has 0 aliphatic rings. The third kappa shape index (κ3) is 11.4. The van der Waals surface area contributed by atoms with Crippen LogP contribution in [0, 0.1) is 0 Å². The molecule has 5 heteroatoms. The van der Waals surface area contributed by atoms with Crippen LogP contribution in [0.15, 0.2) is 0 Å². The van der Waals surface area contributed by atoms with Gasteiger partial charge in [-0.1, -0.05) is 0 Å². The summed E-state index contributed by atoms with van der Waals surface area (Å²) in [7, 11) is 1.65. The lowest BCUT2D eigenvalue weighted by molar-refractivity contribution is -0.145. The molecule has 0 spiro atoms. The normalized spacial score (nSPS) is 12.4. The summed E-state index contributed by atoms with van der Waals surface area (Å²) in [6, 6.07) is 0.0397. The zero-order valence-corrected chi connectivity index (χ0v) is 10.2. The molecule has 1 unspecified atom stereocenters. The molecule has 1 atom stereocenters. The molecule has 0 rings (SSSR count). The quantitative estimate of drug-likeness (QED) is 0.444. The molecular weight excluding hydrogens is 210 g/mol. The van der Waals surface area contributed by atoms with E-state index in [4.69, 9.17) is 19.9 Å². The highest BCUT2D eigenvalue weighted by Crippen LogP contribution is 1.96. The van der Waals surface area contributed by atoms with Crippen molar-refractivity contribution in [1.82, 2.24) is 0 Å². The van der Waals surface area contributed by atoms with Gasteiger partial charge in [-0.2, -0.15) is 0 Å². The van der Waals surface area contributed by atoms with E-state index in [9.17, 15) is 4.79 Å². The van der Waals surface area contributed by atoms with E-state index in [1.165, 1.54) is 0 Å². The monoisotopic (exact) mass is 233 g/mol. The Balaban J connectivity index is 3.15. The number of carbonyl (C=O) groups excluding carboxylic acids is 1. The molecule has 0 aromatic heterocycles. The van der Waals surface area contributed by atoms with E-state index in [1.807, 2.05) is 6.92 Å². The standard InChI is InChI=1S/C11H23NO4/c1-10(12)4-5-11(13)16-9-8-15-7-3-6-14-2/h10H,3-9,12H2,1-2H3. The molecule has 0 saturated carbocycles. The van der Waals surface area contributed by atoms with Gasteiger partial charge in [0.1, 0.15) is 6.61 Å². The molecule has 0 aromatic carbocycles. The minimum absolute atomic E-state index is 0.0397. The number of rotatable bonds is 10. The Bertz CT molecular complexity index is 173. The summed E-state index contributed by atoms with van der Waals surface area (Å²) in [4.78, 5) is 11.1. The van der Waals surface area contributed by atoms with E-state index in [2.05, 4.69) is 0 Å². The molecular formula is C11H23NO4. The van der Waals surface area contributed by atoms with E-state index in [-0.39, 0.29) is 12.0 Å². The first-order chi connectivity index (χ1) is 7.66. The van der Waals surface area contributed by atoms with E-state index >= 15 is 0 Å². The van der Waals surface area contributed by atoms with Crippen LogP contribution in [0.25, 0.3) is 0 Å². The maximum Gasteiger partial charge on any atom is 0.305 e. The summed E-state index contributed by atoms with van der Waals surface area (Å²) in [5.74, 6) is -0.210. The van der Waals surface area contributed by atoms with Crippen molar-refractivity contribution in [2.24, 2.45) is 5.73 Å². The van der Waals surface area contributed by atoms with Gasteiger partial charge in [0, 0.05) is 32.8 Å². The van der Waals surface area contributed by atoms with Gasteiger partial charge >= 0.3 is 5.97 Å². The van der Waals surface area contributed by atoms with Crippen molar-refractivity contribution in [3.05, 3.63) is 0 Å². The van der Waals surface area contributed by atoms with Crippen molar-refractivity contribution in [3.63, 3.8) is 0 Å². The summed E-state index contributed by atoms with van der Waals surface area (Å²) in [6.45, 7) is 3.93. The zero-order chi connectivity index (χ0) is 12.2. The van der Waals surface area contributed by atoms with Crippen molar-refractivity contribution in [2.45, 2.75) is 32.2 Å². The molecule has 2 N–H and O–H groups in total. The van der Waals surface area contributed by atoms with Gasteiger partial charge in [0.2, 0.25) is 0 Å². The summed E-state index contributed by atoms with van der Waals surface area (Å²) in [5, 5.41) is 0. The van der Waals surface area contributed by atoms with Gasteiger partial charge < -0.3 is 19.9 Å². The van der Waals surface area contributed by atoms with Gasteiger partial charge in [0.25, 0.3) is 0 Å². The van der Waals surface area contributed by atoms with Crippen molar-refractivity contribution in [2.75, 3.05) is 33.5 Å². The molecule has 96 valence electrons. The second kappa shape index (κ2) is 10.9. The fourth-order valence-corrected chi connectivity index (χ4v) is 1.04. The van der Waals surface area contributed by atoms with Gasteiger partial charge in [0.15, 0.2) is 0 Å². The summed E-state index contributed by atoms with van der Waals surface area (Å²) in [5.41, 5.74) is 5.52. The zero-order valence-electron chi connectivity index (χ0n) is 10.2. The minimum atomic E-state index is -0.210. The molecule has 0 fully saturated rings. The fourth-order valence-electron chi connectivity index (χ4n) is 1.04. The van der Waals surface area contributed by atoms with Crippen LogP contribution in [-0.2, 0) is 19.0 Å². The molecule has 0 amide bonds. The minimum Gasteiger partial charge on any atom is -0.463 e. The lowest BCUT2D eigenvalue weighted by atomic mass is 10.2. The Labute approximate surface area is 97.2 Å². The van der Waals surface area contributed by atoms with E-state index < -0.39 is 0 Å². The molecule has 16 heavy (non-hydrogen) atoms. The van der Waals surface area contributed by atoms with Crippen LogP contribution in [0.2, 0.25) is 0 Å². The van der Waals surface area contributed by atoms with Crippen LogP contribution in [0.3, 0.4) is 0 Å². The number of carbonyl (C=O) groups is 1. The van der Waals surface area contributed by atoms with Gasteiger partial charge in [0.05, 0.1) is 6.61 Å². The van der Waals surface area contributed by atoms with Crippen LogP contribution in [0.1, 0.15) is 26.2 Å². The number of esters is 1. The number of methoxy groups -OCH3 is 1. The number of nitrogens with two attached hydrogens (primary N) is 1. The Morgan fingerprint density at radius 3 is 2.62 bits per heavy atom. The summed E-state index contributed by atoms with van der Waals surface area (Å²) < 4.78 is 15.0. The van der Waals surface area contributed by atoms with E-state index in [0.29, 0.717) is 39.3 Å². The van der Waals surface area contributed by atoms with E-state index in [1.54, 1.807) is 7.11 Å². The number of ether oxygens (including phenoxy) is 3. The third-order valence-corrected chi connectivity index (χ3v) is 1.93. The fraction of sp³-hybridized carbons (Fsp3) is 0.909. The van der Waals surface area contributed by atoms with Crippen LogP contribution >= 0.6 is 0 Å². The molecule has 0 saturated heterocycles. The van der Waals surface area contributed by atoms with Crippen molar-refractivity contribution < 1.29 is 19.0 Å². The average Bonchev–Trinajstić information content (AvgIpc) is 2.25. The predicted octanol–water partition coefficient (Wildman–Crippen LogP) is 0.710. The first-order valence-corrected chi connectivity index (χ1v) is 5.64. The maximum atomic E-state index is 11.1. The van der Waals surface area contributed by atoms with Crippen LogP contribution in [0.5, 0.6) is 0 Å². The highest BCUT2D eigenvalue weighted by atomic mass is 16.6. The molecule has 0 bridgehead atoms. The molecule has 0 aliphatic carbocycles.